The number of hydrogen-bond donors (Lipinski definition) is 1. The minimum Gasteiger partial charge on any atom is -0.349 e. The molecule has 3 nitrogen and oxygen atoms in total. The number of nitrogens with two attached hydrogens (primary N) is 1. The van der Waals surface area contributed by atoms with Gasteiger partial charge >= 0.3 is 0 Å². The normalized spacial score (nSPS) is 41.3. The average molecular weight is 264 g/mol. The van der Waals surface area contributed by atoms with E-state index in [0.29, 0.717) is 18.4 Å². The molecule has 4 saturated carbocycles. The van der Waals surface area contributed by atoms with Crippen molar-refractivity contribution in [1.82, 2.24) is 4.90 Å². The van der Waals surface area contributed by atoms with Gasteiger partial charge in [-0.1, -0.05) is 0 Å². The van der Waals surface area contributed by atoms with Crippen LogP contribution in [0.5, 0.6) is 0 Å². The van der Waals surface area contributed by atoms with E-state index in [2.05, 4.69) is 0 Å². The highest BCUT2D eigenvalue weighted by Gasteiger charge is 2.51. The molecule has 19 heavy (non-hydrogen) atoms. The van der Waals surface area contributed by atoms with E-state index in [1.165, 1.54) is 32.1 Å². The van der Waals surface area contributed by atoms with Gasteiger partial charge in [-0.2, -0.15) is 0 Å². The summed E-state index contributed by atoms with van der Waals surface area (Å²) >= 11 is 0. The topological polar surface area (TPSA) is 46.3 Å². The molecule has 0 aromatic heterocycles. The molecule has 0 radical (unpaired) electrons. The molecule has 0 aromatic carbocycles. The van der Waals surface area contributed by atoms with Crippen LogP contribution >= 0.6 is 0 Å². The van der Waals surface area contributed by atoms with Crippen molar-refractivity contribution in [3.63, 3.8) is 0 Å². The van der Waals surface area contributed by atoms with Crippen molar-refractivity contribution in [2.75, 3.05) is 20.6 Å². The second kappa shape index (κ2) is 5.08. The molecule has 4 aliphatic carbocycles. The van der Waals surface area contributed by atoms with Crippen molar-refractivity contribution in [3.05, 3.63) is 0 Å². The molecular weight excluding hydrogens is 236 g/mol. The average Bonchev–Trinajstić information content (AvgIpc) is 2.35. The lowest BCUT2D eigenvalue weighted by molar-refractivity contribution is -0.142. The molecule has 4 rings (SSSR count). The lowest BCUT2D eigenvalue weighted by atomic mass is 9.49. The zero-order chi connectivity index (χ0) is 13.6. The van der Waals surface area contributed by atoms with Gasteiger partial charge in [-0.15, -0.1) is 0 Å². The minimum atomic E-state index is 0.190. The molecule has 0 saturated heterocycles. The van der Waals surface area contributed by atoms with E-state index in [4.69, 9.17) is 5.73 Å². The third kappa shape index (κ3) is 2.31. The first-order chi connectivity index (χ1) is 9.10. The summed E-state index contributed by atoms with van der Waals surface area (Å²) in [4.78, 5) is 14.3. The van der Waals surface area contributed by atoms with E-state index in [9.17, 15) is 4.79 Å². The highest BCUT2D eigenvalue weighted by Crippen LogP contribution is 2.58. The fourth-order valence-corrected chi connectivity index (χ4v) is 5.62. The Bertz CT molecular complexity index is 325. The molecule has 2 N–H and O–H groups in total. The number of nitrogens with zero attached hydrogens (tertiary/aromatic N) is 1. The summed E-state index contributed by atoms with van der Waals surface area (Å²) in [6.45, 7) is 0.646. The van der Waals surface area contributed by atoms with Crippen molar-refractivity contribution in [1.29, 1.82) is 0 Å². The fourth-order valence-electron chi connectivity index (χ4n) is 5.62. The van der Waals surface area contributed by atoms with Crippen LogP contribution in [-0.2, 0) is 4.79 Å². The number of carbonyl (C=O) groups excluding carboxylic acids is 1. The summed E-state index contributed by atoms with van der Waals surface area (Å²) in [5.41, 5.74) is 5.79. The highest BCUT2D eigenvalue weighted by molar-refractivity contribution is 5.78. The van der Waals surface area contributed by atoms with Crippen molar-refractivity contribution < 1.29 is 4.79 Å². The van der Waals surface area contributed by atoms with Crippen molar-refractivity contribution >= 4 is 5.91 Å². The van der Waals surface area contributed by atoms with Crippen LogP contribution in [0.1, 0.15) is 38.5 Å². The Morgan fingerprint density at radius 2 is 1.63 bits per heavy atom. The van der Waals surface area contributed by atoms with E-state index in [1.807, 2.05) is 14.1 Å². The Kier molecular flexibility index (Phi) is 3.59. The first-order valence-electron chi connectivity index (χ1n) is 8.01. The van der Waals surface area contributed by atoms with E-state index < -0.39 is 0 Å². The molecule has 4 fully saturated rings. The van der Waals surface area contributed by atoms with Crippen molar-refractivity contribution in [3.8, 4) is 0 Å². The third-order valence-electron chi connectivity index (χ3n) is 6.00. The molecule has 3 heteroatoms. The van der Waals surface area contributed by atoms with Crippen molar-refractivity contribution in [2.45, 2.75) is 38.5 Å². The first kappa shape index (κ1) is 13.4. The van der Waals surface area contributed by atoms with E-state index in [-0.39, 0.29) is 5.92 Å². The van der Waals surface area contributed by atoms with Gasteiger partial charge in [0.15, 0.2) is 0 Å². The fraction of sp³-hybridized carbons (Fsp3) is 0.938. The van der Waals surface area contributed by atoms with Gasteiger partial charge in [0.2, 0.25) is 5.91 Å². The first-order valence-corrected chi connectivity index (χ1v) is 8.01. The number of carbonyl (C=O) groups is 1. The predicted octanol–water partition coefficient (Wildman–Crippen LogP) is 2.11. The summed E-state index contributed by atoms with van der Waals surface area (Å²) in [5, 5.41) is 0. The Labute approximate surface area is 116 Å². The maximum Gasteiger partial charge on any atom is 0.225 e. The number of rotatable bonds is 4. The summed E-state index contributed by atoms with van der Waals surface area (Å²) in [5.74, 6) is 4.73. The molecular formula is C16H28N2O. The smallest absolute Gasteiger partial charge is 0.225 e. The summed E-state index contributed by atoms with van der Waals surface area (Å²) < 4.78 is 0. The maximum absolute atomic E-state index is 12.5. The summed E-state index contributed by atoms with van der Waals surface area (Å²) in [6.07, 6.45) is 7.91. The van der Waals surface area contributed by atoms with Crippen LogP contribution in [0.25, 0.3) is 0 Å². The zero-order valence-corrected chi connectivity index (χ0v) is 12.3. The molecule has 0 aliphatic heterocycles. The molecule has 1 atom stereocenters. The maximum atomic E-state index is 12.5. The molecule has 1 amide bonds. The number of amides is 1. The van der Waals surface area contributed by atoms with Crippen LogP contribution < -0.4 is 5.73 Å². The lowest BCUT2D eigenvalue weighted by Gasteiger charge is -2.56. The number of hydrogen-bond acceptors (Lipinski definition) is 2. The van der Waals surface area contributed by atoms with Crippen molar-refractivity contribution in [2.24, 2.45) is 41.2 Å². The van der Waals surface area contributed by atoms with Crippen LogP contribution in [0.15, 0.2) is 0 Å². The van der Waals surface area contributed by atoms with Gasteiger partial charge in [0.05, 0.1) is 0 Å². The monoisotopic (exact) mass is 264 g/mol. The van der Waals surface area contributed by atoms with Gasteiger partial charge < -0.3 is 10.6 Å². The molecule has 4 aliphatic rings. The predicted molar refractivity (Wildman–Crippen MR) is 76.4 cm³/mol. The van der Waals surface area contributed by atoms with Gasteiger partial charge in [0, 0.05) is 20.0 Å². The van der Waals surface area contributed by atoms with Gasteiger partial charge in [-0.25, -0.2) is 0 Å². The Morgan fingerprint density at radius 1 is 1.11 bits per heavy atom. The second-order valence-electron chi connectivity index (χ2n) is 7.42. The molecule has 108 valence electrons. The molecule has 1 unspecified atom stereocenters. The highest BCUT2D eigenvalue weighted by atomic mass is 16.2. The van der Waals surface area contributed by atoms with Crippen LogP contribution in [0.3, 0.4) is 0 Å². The van der Waals surface area contributed by atoms with Gasteiger partial charge in [-0.05, 0) is 74.7 Å². The van der Waals surface area contributed by atoms with E-state index in [1.54, 1.807) is 4.90 Å². The third-order valence-corrected chi connectivity index (χ3v) is 6.00. The Hall–Kier alpha value is -0.570. The largest absolute Gasteiger partial charge is 0.349 e. The summed E-state index contributed by atoms with van der Waals surface area (Å²) in [6, 6.07) is 0. The molecule has 0 aromatic rings. The van der Waals surface area contributed by atoms with E-state index >= 15 is 0 Å². The Morgan fingerprint density at radius 3 is 2.05 bits per heavy atom. The molecule has 0 heterocycles. The standard InChI is InChI=1S/C16H28N2O/c1-18(2)16(19)14(3-4-17)15-12-6-10-5-11(8-12)9-13(15)7-10/h10-15H,3-9,17H2,1-2H3. The lowest BCUT2D eigenvalue weighted by Crippen LogP contribution is -2.51. The SMILES string of the molecule is CN(C)C(=O)C(CCN)C1C2CC3CC(C2)CC1C3. The second-order valence-corrected chi connectivity index (χ2v) is 7.42. The van der Waals surface area contributed by atoms with Crippen LogP contribution in [0, 0.1) is 35.5 Å². The molecule has 4 bridgehead atoms. The van der Waals surface area contributed by atoms with Gasteiger partial charge in [0.25, 0.3) is 0 Å². The van der Waals surface area contributed by atoms with Gasteiger partial charge in [-0.3, -0.25) is 4.79 Å². The summed E-state index contributed by atoms with van der Waals surface area (Å²) in [7, 11) is 3.78. The quantitative estimate of drug-likeness (QED) is 0.845. The Balaban J connectivity index is 1.80. The van der Waals surface area contributed by atoms with Gasteiger partial charge in [0.1, 0.15) is 0 Å². The molecule has 0 spiro atoms. The van der Waals surface area contributed by atoms with Crippen LogP contribution in [0.2, 0.25) is 0 Å². The minimum absolute atomic E-state index is 0.190. The van der Waals surface area contributed by atoms with Crippen LogP contribution in [0.4, 0.5) is 0 Å². The van der Waals surface area contributed by atoms with Crippen LogP contribution in [-0.4, -0.2) is 31.4 Å². The van der Waals surface area contributed by atoms with E-state index in [0.717, 1.165) is 30.1 Å². The zero-order valence-electron chi connectivity index (χ0n) is 12.3.